The molecule has 3 rings (SSSR count). The van der Waals surface area contributed by atoms with E-state index in [9.17, 15) is 4.79 Å². The number of benzene rings is 2. The maximum absolute atomic E-state index is 11.4. The van der Waals surface area contributed by atoms with Crippen molar-refractivity contribution in [2.45, 2.75) is 25.7 Å². The van der Waals surface area contributed by atoms with Gasteiger partial charge in [-0.3, -0.25) is 0 Å². The zero-order valence-corrected chi connectivity index (χ0v) is 17.0. The highest BCUT2D eigenvalue weighted by Gasteiger charge is 2.22. The molecule has 2 heteroatoms. The Hall–Kier alpha value is -3.13. The molecule has 0 radical (unpaired) electrons. The summed E-state index contributed by atoms with van der Waals surface area (Å²) in [6.45, 7) is 9.69. The van der Waals surface area contributed by atoms with Crippen LogP contribution in [0.15, 0.2) is 103 Å². The number of carbonyl (C=O) groups is 1. The largest absolute Gasteiger partial charge is 0.462 e. The second-order valence-corrected chi connectivity index (χ2v) is 7.52. The van der Waals surface area contributed by atoms with Gasteiger partial charge in [-0.15, -0.1) is 0 Å². The van der Waals surface area contributed by atoms with Crippen molar-refractivity contribution in [3.05, 3.63) is 120 Å². The molecular weight excluding hydrogens is 356 g/mol. The molecule has 0 saturated heterocycles. The molecule has 0 heterocycles. The van der Waals surface area contributed by atoms with Crippen LogP contribution in [0.1, 0.15) is 36.0 Å². The van der Waals surface area contributed by atoms with Crippen molar-refractivity contribution >= 4 is 5.97 Å². The topological polar surface area (TPSA) is 26.3 Å². The van der Waals surface area contributed by atoms with Crippen molar-refractivity contribution < 1.29 is 9.53 Å². The quantitative estimate of drug-likeness (QED) is 0.309. The van der Waals surface area contributed by atoms with Crippen molar-refractivity contribution in [1.82, 2.24) is 0 Å². The fourth-order valence-electron chi connectivity index (χ4n) is 3.56. The lowest BCUT2D eigenvalue weighted by Crippen LogP contribution is -2.12. The number of rotatable bonds is 8. The maximum Gasteiger partial charge on any atom is 0.333 e. The molecule has 29 heavy (non-hydrogen) atoms. The Bertz CT molecular complexity index is 901. The van der Waals surface area contributed by atoms with Crippen LogP contribution in [-0.2, 0) is 16.0 Å². The van der Waals surface area contributed by atoms with Gasteiger partial charge >= 0.3 is 5.97 Å². The average molecular weight is 385 g/mol. The molecule has 1 aliphatic carbocycles. The van der Waals surface area contributed by atoms with E-state index < -0.39 is 0 Å². The lowest BCUT2D eigenvalue weighted by atomic mass is 9.78. The molecular formula is C27H28O2. The highest BCUT2D eigenvalue weighted by atomic mass is 16.5. The molecule has 2 nitrogen and oxygen atoms in total. The number of ether oxygens (including phenoxy) is 1. The Morgan fingerprint density at radius 2 is 1.62 bits per heavy atom. The second kappa shape index (κ2) is 9.88. The summed E-state index contributed by atoms with van der Waals surface area (Å²) in [6.07, 6.45) is 10.4. The molecule has 2 aromatic carbocycles. The van der Waals surface area contributed by atoms with Crippen LogP contribution in [0, 0.1) is 5.92 Å². The molecule has 1 aliphatic rings. The van der Waals surface area contributed by atoms with Gasteiger partial charge in [0, 0.05) is 17.4 Å². The molecule has 0 fully saturated rings. The Morgan fingerprint density at radius 3 is 2.24 bits per heavy atom. The molecule has 2 aromatic rings. The van der Waals surface area contributed by atoms with Crippen LogP contribution in [-0.4, -0.2) is 12.6 Å². The third kappa shape index (κ3) is 5.68. The van der Waals surface area contributed by atoms with Crippen LogP contribution in [0.5, 0.6) is 0 Å². The van der Waals surface area contributed by atoms with Gasteiger partial charge in [-0.25, -0.2) is 4.79 Å². The first-order chi connectivity index (χ1) is 14.0. The number of hydrogen-bond acceptors (Lipinski definition) is 2. The molecule has 0 aromatic heterocycles. The first-order valence-corrected chi connectivity index (χ1v) is 10.1. The average Bonchev–Trinajstić information content (AvgIpc) is 2.74. The second-order valence-electron chi connectivity index (χ2n) is 7.52. The van der Waals surface area contributed by atoms with Gasteiger partial charge in [0.15, 0.2) is 0 Å². The molecule has 1 unspecified atom stereocenters. The van der Waals surface area contributed by atoms with Crippen molar-refractivity contribution in [3.8, 4) is 0 Å². The minimum atomic E-state index is -0.317. The fourth-order valence-corrected chi connectivity index (χ4v) is 3.56. The first kappa shape index (κ1) is 20.6. The summed E-state index contributed by atoms with van der Waals surface area (Å²) >= 11 is 0. The van der Waals surface area contributed by atoms with E-state index in [0.717, 1.165) is 18.4 Å². The zero-order chi connectivity index (χ0) is 20.6. The minimum absolute atomic E-state index is 0.266. The molecule has 0 aliphatic heterocycles. The standard InChI is InChI=1S/C27H28O2/c1-20(2)27(28)29-19-7-8-22-13-17-25(18-14-22)26(23-9-5-4-6-10-23)24-15-11-21(3)12-16-24/h4-6,9-18,24,26H,1,3,7-8,19H2,2H3. The summed E-state index contributed by atoms with van der Waals surface area (Å²) in [5, 5.41) is 0. The fraction of sp³-hybridized carbons (Fsp3) is 0.222. The smallest absolute Gasteiger partial charge is 0.333 e. The van der Waals surface area contributed by atoms with E-state index in [0.29, 0.717) is 18.1 Å². The Balaban J connectivity index is 1.70. The van der Waals surface area contributed by atoms with Gasteiger partial charge in [-0.1, -0.05) is 92.1 Å². The van der Waals surface area contributed by atoms with Gasteiger partial charge in [0.1, 0.15) is 0 Å². The SMILES string of the molecule is C=C1C=CC(C(c2ccccc2)c2ccc(CCCOC(=O)C(=C)C)cc2)C=C1. The van der Waals surface area contributed by atoms with Crippen LogP contribution in [0.4, 0.5) is 0 Å². The van der Waals surface area contributed by atoms with Crippen molar-refractivity contribution in [2.75, 3.05) is 6.61 Å². The monoisotopic (exact) mass is 384 g/mol. The Kier molecular flexibility index (Phi) is 7.02. The lowest BCUT2D eigenvalue weighted by molar-refractivity contribution is -0.139. The number of esters is 1. The summed E-state index contributed by atoms with van der Waals surface area (Å²) < 4.78 is 5.17. The van der Waals surface area contributed by atoms with Crippen molar-refractivity contribution in [2.24, 2.45) is 5.92 Å². The predicted molar refractivity (Wildman–Crippen MR) is 120 cm³/mol. The molecule has 0 saturated carbocycles. The van der Waals surface area contributed by atoms with Crippen LogP contribution in [0.25, 0.3) is 0 Å². The molecule has 0 bridgehead atoms. The van der Waals surface area contributed by atoms with E-state index in [4.69, 9.17) is 4.74 Å². The number of allylic oxidation sites excluding steroid dienone is 5. The number of carbonyl (C=O) groups excluding carboxylic acids is 1. The first-order valence-electron chi connectivity index (χ1n) is 10.1. The third-order valence-corrected chi connectivity index (χ3v) is 5.14. The summed E-state index contributed by atoms with van der Waals surface area (Å²) in [6, 6.07) is 19.4. The van der Waals surface area contributed by atoms with E-state index in [1.165, 1.54) is 16.7 Å². The highest BCUT2D eigenvalue weighted by Crippen LogP contribution is 2.35. The van der Waals surface area contributed by atoms with Gasteiger partial charge in [0.2, 0.25) is 0 Å². The van der Waals surface area contributed by atoms with Gasteiger partial charge in [-0.05, 0) is 42.0 Å². The van der Waals surface area contributed by atoms with Gasteiger partial charge in [0.05, 0.1) is 6.61 Å². The van der Waals surface area contributed by atoms with Gasteiger partial charge in [0.25, 0.3) is 0 Å². The van der Waals surface area contributed by atoms with E-state index in [1.54, 1.807) is 6.92 Å². The van der Waals surface area contributed by atoms with E-state index >= 15 is 0 Å². The highest BCUT2D eigenvalue weighted by molar-refractivity contribution is 5.86. The maximum atomic E-state index is 11.4. The summed E-state index contributed by atoms with van der Waals surface area (Å²) in [4.78, 5) is 11.4. The van der Waals surface area contributed by atoms with Crippen LogP contribution < -0.4 is 0 Å². The summed E-state index contributed by atoms with van der Waals surface area (Å²) in [5.74, 6) is 0.250. The lowest BCUT2D eigenvalue weighted by Gasteiger charge is -2.25. The molecule has 0 N–H and O–H groups in total. The molecule has 1 atom stereocenters. The van der Waals surface area contributed by atoms with E-state index in [2.05, 4.69) is 92.1 Å². The van der Waals surface area contributed by atoms with Gasteiger partial charge in [-0.2, -0.15) is 0 Å². The number of aryl methyl sites for hydroxylation is 1. The van der Waals surface area contributed by atoms with E-state index in [-0.39, 0.29) is 11.9 Å². The van der Waals surface area contributed by atoms with Crippen molar-refractivity contribution in [3.63, 3.8) is 0 Å². The summed E-state index contributed by atoms with van der Waals surface area (Å²) in [7, 11) is 0. The molecule has 0 spiro atoms. The normalized spacial score (nSPS) is 14.6. The van der Waals surface area contributed by atoms with E-state index in [1.807, 2.05) is 0 Å². The van der Waals surface area contributed by atoms with Crippen LogP contribution in [0.3, 0.4) is 0 Å². The van der Waals surface area contributed by atoms with Gasteiger partial charge < -0.3 is 4.74 Å². The molecule has 0 amide bonds. The third-order valence-electron chi connectivity index (χ3n) is 5.14. The molecule has 148 valence electrons. The number of hydrogen-bond donors (Lipinski definition) is 0. The minimum Gasteiger partial charge on any atom is -0.462 e. The van der Waals surface area contributed by atoms with Crippen LogP contribution >= 0.6 is 0 Å². The van der Waals surface area contributed by atoms with Crippen molar-refractivity contribution in [1.29, 1.82) is 0 Å². The Morgan fingerprint density at radius 1 is 1.00 bits per heavy atom. The summed E-state index contributed by atoms with van der Waals surface area (Å²) in [5.41, 5.74) is 5.32. The van der Waals surface area contributed by atoms with Crippen LogP contribution in [0.2, 0.25) is 0 Å². The Labute approximate surface area is 173 Å². The zero-order valence-electron chi connectivity index (χ0n) is 17.0. The predicted octanol–water partition coefficient (Wildman–Crippen LogP) is 6.17.